The van der Waals surface area contributed by atoms with Crippen LogP contribution in [0, 0.1) is 0 Å². The highest BCUT2D eigenvalue weighted by molar-refractivity contribution is 7.92. The zero-order valence-corrected chi connectivity index (χ0v) is 9.86. The van der Waals surface area contributed by atoms with Gasteiger partial charge in [0, 0.05) is 12.1 Å². The van der Waals surface area contributed by atoms with E-state index in [1.165, 1.54) is 31.5 Å². The van der Waals surface area contributed by atoms with Gasteiger partial charge in [-0.3, -0.25) is 9.82 Å². The van der Waals surface area contributed by atoms with Gasteiger partial charge >= 0.3 is 0 Å². The van der Waals surface area contributed by atoms with Crippen molar-refractivity contribution in [2.24, 2.45) is 0 Å². The molecule has 6 nitrogen and oxygen atoms in total. The Morgan fingerprint density at radius 3 is 2.82 bits per heavy atom. The minimum absolute atomic E-state index is 0.131. The normalized spacial score (nSPS) is 11.1. The first kappa shape index (κ1) is 11.5. The van der Waals surface area contributed by atoms with Gasteiger partial charge in [-0.15, -0.1) is 0 Å². The Bertz CT molecular complexity index is 593. The van der Waals surface area contributed by atoms with Gasteiger partial charge in [-0.25, -0.2) is 8.42 Å². The molecule has 1 heterocycles. The molecule has 0 amide bonds. The van der Waals surface area contributed by atoms with E-state index in [1.807, 2.05) is 0 Å². The first-order valence-electron chi connectivity index (χ1n) is 4.78. The maximum Gasteiger partial charge on any atom is 0.263 e. The molecule has 0 bridgehead atoms. The van der Waals surface area contributed by atoms with Gasteiger partial charge in [0.15, 0.2) is 0 Å². The average Bonchev–Trinajstić information content (AvgIpc) is 2.81. The van der Waals surface area contributed by atoms with Crippen LogP contribution in [0.3, 0.4) is 0 Å². The van der Waals surface area contributed by atoms with Crippen LogP contribution in [-0.2, 0) is 10.0 Å². The summed E-state index contributed by atoms with van der Waals surface area (Å²) in [5.41, 5.74) is 0. The van der Waals surface area contributed by atoms with Gasteiger partial charge in [0.2, 0.25) is 0 Å². The molecular formula is C10H11N3O3S. The second-order valence-electron chi connectivity index (χ2n) is 3.25. The van der Waals surface area contributed by atoms with Gasteiger partial charge in [-0.2, -0.15) is 5.10 Å². The molecule has 7 heteroatoms. The predicted octanol–water partition coefficient (Wildman–Crippen LogP) is 1.22. The Balaban J connectivity index is 2.31. The highest BCUT2D eigenvalue weighted by Crippen LogP contribution is 2.19. The Morgan fingerprint density at radius 2 is 2.18 bits per heavy atom. The first-order chi connectivity index (χ1) is 8.12. The standard InChI is InChI=1S/C10H11N3O3S/c1-16-8-3-2-4-9(7-8)17(14,15)13-10-5-6-11-12-10/h2-7H,1H3,(H2,11,12,13). The lowest BCUT2D eigenvalue weighted by molar-refractivity contribution is 0.413. The summed E-state index contributed by atoms with van der Waals surface area (Å²) in [7, 11) is -2.14. The fourth-order valence-corrected chi connectivity index (χ4v) is 2.33. The molecule has 0 aliphatic carbocycles. The van der Waals surface area contributed by atoms with E-state index < -0.39 is 10.0 Å². The summed E-state index contributed by atoms with van der Waals surface area (Å²) in [6, 6.07) is 7.74. The summed E-state index contributed by atoms with van der Waals surface area (Å²) in [4.78, 5) is 0.131. The molecule has 0 aliphatic heterocycles. The molecule has 0 aliphatic rings. The summed E-state index contributed by atoms with van der Waals surface area (Å²) in [6.45, 7) is 0. The van der Waals surface area contributed by atoms with Gasteiger partial charge in [-0.1, -0.05) is 6.07 Å². The number of anilines is 1. The van der Waals surface area contributed by atoms with Gasteiger partial charge in [0.1, 0.15) is 11.6 Å². The molecule has 0 saturated heterocycles. The van der Waals surface area contributed by atoms with Crippen molar-refractivity contribution >= 4 is 15.8 Å². The van der Waals surface area contributed by atoms with E-state index in [9.17, 15) is 8.42 Å². The summed E-state index contributed by atoms with van der Waals surface area (Å²) < 4.78 is 31.2. The monoisotopic (exact) mass is 253 g/mol. The molecule has 0 spiro atoms. The second kappa shape index (κ2) is 4.46. The molecule has 0 atom stereocenters. The van der Waals surface area contributed by atoms with Gasteiger partial charge < -0.3 is 4.74 Å². The quantitative estimate of drug-likeness (QED) is 0.858. The molecule has 0 saturated carbocycles. The van der Waals surface area contributed by atoms with E-state index in [0.717, 1.165) is 0 Å². The number of hydrogen-bond acceptors (Lipinski definition) is 4. The van der Waals surface area contributed by atoms with E-state index >= 15 is 0 Å². The van der Waals surface area contributed by atoms with Crippen molar-refractivity contribution in [1.29, 1.82) is 0 Å². The molecule has 2 N–H and O–H groups in total. The highest BCUT2D eigenvalue weighted by Gasteiger charge is 2.15. The van der Waals surface area contributed by atoms with E-state index in [2.05, 4.69) is 14.9 Å². The predicted molar refractivity (Wildman–Crippen MR) is 62.4 cm³/mol. The summed E-state index contributed by atoms with van der Waals surface area (Å²) in [6.07, 6.45) is 1.46. The van der Waals surface area contributed by atoms with Crippen LogP contribution in [0.5, 0.6) is 5.75 Å². The van der Waals surface area contributed by atoms with Crippen LogP contribution < -0.4 is 9.46 Å². The van der Waals surface area contributed by atoms with Crippen LogP contribution in [-0.4, -0.2) is 25.7 Å². The number of aromatic amines is 1. The fourth-order valence-electron chi connectivity index (χ4n) is 1.28. The van der Waals surface area contributed by atoms with E-state index in [-0.39, 0.29) is 4.90 Å². The number of ether oxygens (including phenoxy) is 1. The lowest BCUT2D eigenvalue weighted by Crippen LogP contribution is -2.13. The van der Waals surface area contributed by atoms with Crippen LogP contribution in [0.4, 0.5) is 5.82 Å². The first-order valence-corrected chi connectivity index (χ1v) is 6.26. The maximum atomic E-state index is 12.0. The van der Waals surface area contributed by atoms with Crippen LogP contribution in [0.2, 0.25) is 0 Å². The molecule has 2 aromatic rings. The number of nitrogens with zero attached hydrogens (tertiary/aromatic N) is 1. The van der Waals surface area contributed by atoms with Crippen molar-refractivity contribution in [3.8, 4) is 5.75 Å². The minimum Gasteiger partial charge on any atom is -0.497 e. The number of aromatic nitrogens is 2. The molecule has 1 aromatic heterocycles. The largest absolute Gasteiger partial charge is 0.497 e. The smallest absolute Gasteiger partial charge is 0.263 e. The molecule has 17 heavy (non-hydrogen) atoms. The Kier molecular flexibility index (Phi) is 3.01. The van der Waals surface area contributed by atoms with Crippen molar-refractivity contribution < 1.29 is 13.2 Å². The summed E-state index contributed by atoms with van der Waals surface area (Å²) >= 11 is 0. The zero-order valence-electron chi connectivity index (χ0n) is 9.04. The number of hydrogen-bond donors (Lipinski definition) is 2. The molecular weight excluding hydrogens is 242 g/mol. The zero-order chi connectivity index (χ0) is 12.3. The summed E-state index contributed by atoms with van der Waals surface area (Å²) in [5.74, 6) is 0.797. The van der Waals surface area contributed by atoms with Crippen LogP contribution in [0.25, 0.3) is 0 Å². The lowest BCUT2D eigenvalue weighted by Gasteiger charge is -2.07. The van der Waals surface area contributed by atoms with E-state index in [0.29, 0.717) is 11.6 Å². The van der Waals surface area contributed by atoms with Crippen molar-refractivity contribution in [3.63, 3.8) is 0 Å². The summed E-state index contributed by atoms with van der Waals surface area (Å²) in [5, 5.41) is 6.18. The van der Waals surface area contributed by atoms with Crippen molar-refractivity contribution in [1.82, 2.24) is 10.2 Å². The molecule has 0 unspecified atom stereocenters. The topological polar surface area (TPSA) is 84.1 Å². The third kappa shape index (κ3) is 2.56. The molecule has 2 rings (SSSR count). The number of rotatable bonds is 4. The molecule has 90 valence electrons. The molecule has 1 aromatic carbocycles. The minimum atomic E-state index is -3.62. The average molecular weight is 253 g/mol. The van der Waals surface area contributed by atoms with Crippen molar-refractivity contribution in [3.05, 3.63) is 36.5 Å². The number of methoxy groups -OCH3 is 1. The van der Waals surface area contributed by atoms with Crippen molar-refractivity contribution in [2.45, 2.75) is 4.90 Å². The Hall–Kier alpha value is -2.02. The lowest BCUT2D eigenvalue weighted by atomic mass is 10.3. The van der Waals surface area contributed by atoms with Gasteiger partial charge in [-0.05, 0) is 12.1 Å². The third-order valence-corrected chi connectivity index (χ3v) is 3.46. The van der Waals surface area contributed by atoms with Gasteiger partial charge in [0.05, 0.1) is 18.2 Å². The fraction of sp³-hybridized carbons (Fsp3) is 0.100. The van der Waals surface area contributed by atoms with Crippen LogP contribution >= 0.6 is 0 Å². The Morgan fingerprint density at radius 1 is 1.35 bits per heavy atom. The number of benzene rings is 1. The number of nitrogens with one attached hydrogen (secondary N) is 2. The second-order valence-corrected chi connectivity index (χ2v) is 4.94. The number of sulfonamides is 1. The highest BCUT2D eigenvalue weighted by atomic mass is 32.2. The van der Waals surface area contributed by atoms with Crippen LogP contribution in [0.15, 0.2) is 41.4 Å². The SMILES string of the molecule is COc1cccc(S(=O)(=O)Nc2ccn[nH]2)c1. The van der Waals surface area contributed by atoms with Crippen LogP contribution in [0.1, 0.15) is 0 Å². The Labute approximate surface area is 98.7 Å². The molecule has 0 radical (unpaired) electrons. The number of H-pyrrole nitrogens is 1. The van der Waals surface area contributed by atoms with Gasteiger partial charge in [0.25, 0.3) is 10.0 Å². The maximum absolute atomic E-state index is 12.0. The van der Waals surface area contributed by atoms with Crippen molar-refractivity contribution in [2.75, 3.05) is 11.8 Å². The third-order valence-electron chi connectivity index (χ3n) is 2.10. The van der Waals surface area contributed by atoms with E-state index in [1.54, 1.807) is 12.1 Å². The molecule has 0 fully saturated rings. The van der Waals surface area contributed by atoms with E-state index in [4.69, 9.17) is 4.74 Å².